The van der Waals surface area contributed by atoms with Crippen molar-refractivity contribution in [1.82, 2.24) is 4.90 Å². The van der Waals surface area contributed by atoms with Crippen LogP contribution in [0.2, 0.25) is 0 Å². The van der Waals surface area contributed by atoms with E-state index in [0.29, 0.717) is 11.3 Å². The summed E-state index contributed by atoms with van der Waals surface area (Å²) in [4.78, 5) is 25.3. The van der Waals surface area contributed by atoms with Gasteiger partial charge in [-0.2, -0.15) is 0 Å². The van der Waals surface area contributed by atoms with Crippen LogP contribution in [0, 0.1) is 0 Å². The molecule has 2 heterocycles. The molecule has 2 N–H and O–H groups in total. The monoisotopic (exact) mass is 330 g/mol. The van der Waals surface area contributed by atoms with E-state index < -0.39 is 6.04 Å². The summed E-state index contributed by atoms with van der Waals surface area (Å²) in [5.74, 6) is -0.0136. The molecule has 0 aromatic heterocycles. The average Bonchev–Trinajstić information content (AvgIpc) is 2.59. The number of carbonyl (C=O) groups is 2. The van der Waals surface area contributed by atoms with Crippen LogP contribution in [0.3, 0.4) is 0 Å². The van der Waals surface area contributed by atoms with Crippen molar-refractivity contribution < 1.29 is 14.3 Å². The van der Waals surface area contributed by atoms with Gasteiger partial charge in [0.15, 0.2) is 0 Å². The third-order valence-electron chi connectivity index (χ3n) is 3.73. The Hall–Kier alpha value is -2.05. The average molecular weight is 330 g/mol. The molecule has 6 heteroatoms. The van der Waals surface area contributed by atoms with Crippen LogP contribution in [0.1, 0.15) is 12.5 Å². The fraction of sp³-hybridized carbons (Fsp3) is 0.294. The van der Waals surface area contributed by atoms with Crippen molar-refractivity contribution in [3.05, 3.63) is 53.2 Å². The van der Waals surface area contributed by atoms with Crippen molar-refractivity contribution >= 4 is 29.7 Å². The molecule has 1 amide bonds. The highest BCUT2D eigenvalue weighted by molar-refractivity contribution is 8.00. The molecule has 3 rings (SSSR count). The molecule has 5 nitrogen and oxygen atoms in total. The van der Waals surface area contributed by atoms with Crippen molar-refractivity contribution in [3.8, 4) is 0 Å². The second-order valence-electron chi connectivity index (χ2n) is 5.60. The number of fused-ring (bicyclic) bond motifs is 1. The van der Waals surface area contributed by atoms with E-state index in [1.165, 1.54) is 16.7 Å². The minimum atomic E-state index is -0.454. The van der Waals surface area contributed by atoms with Gasteiger partial charge in [-0.15, -0.1) is 11.8 Å². The lowest BCUT2D eigenvalue weighted by molar-refractivity contribution is -0.140. The van der Waals surface area contributed by atoms with Gasteiger partial charge in [0.1, 0.15) is 18.0 Å². The smallest absolute Gasteiger partial charge is 0.336 e. The Bertz CT molecular complexity index is 684. The summed E-state index contributed by atoms with van der Waals surface area (Å²) in [6.07, 6.45) is 3.55. The van der Waals surface area contributed by atoms with Gasteiger partial charge in [-0.1, -0.05) is 36.4 Å². The van der Waals surface area contributed by atoms with Crippen LogP contribution in [-0.4, -0.2) is 40.6 Å². The molecule has 120 valence electrons. The molecule has 0 radical (unpaired) electrons. The summed E-state index contributed by atoms with van der Waals surface area (Å²) in [5.41, 5.74) is 8.22. The number of benzene rings is 1. The van der Waals surface area contributed by atoms with Crippen LogP contribution in [0.4, 0.5) is 0 Å². The third kappa shape index (κ3) is 3.33. The molecular weight excluding hydrogens is 312 g/mol. The Morgan fingerprint density at radius 3 is 2.91 bits per heavy atom. The van der Waals surface area contributed by atoms with Crippen molar-refractivity contribution in [2.24, 2.45) is 5.73 Å². The maximum Gasteiger partial charge on any atom is 0.336 e. The molecule has 1 saturated heterocycles. The number of amides is 1. The predicted octanol–water partition coefficient (Wildman–Crippen LogP) is 1.76. The van der Waals surface area contributed by atoms with Gasteiger partial charge >= 0.3 is 5.97 Å². The Labute approximate surface area is 139 Å². The minimum absolute atomic E-state index is 0.0428. The second kappa shape index (κ2) is 6.60. The number of nitrogens with two attached hydrogens (primary N) is 1. The minimum Gasteiger partial charge on any atom is -0.458 e. The van der Waals surface area contributed by atoms with Crippen LogP contribution in [0.15, 0.2) is 47.7 Å². The Kier molecular flexibility index (Phi) is 4.54. The Balaban J connectivity index is 1.57. The number of ether oxygens (including phenoxy) is 1. The van der Waals surface area contributed by atoms with Crippen LogP contribution < -0.4 is 5.73 Å². The Morgan fingerprint density at radius 1 is 1.43 bits per heavy atom. The number of carbonyl (C=O) groups excluding carboxylic acids is 2. The topological polar surface area (TPSA) is 72.6 Å². The van der Waals surface area contributed by atoms with Crippen molar-refractivity contribution in [2.75, 3.05) is 12.4 Å². The van der Waals surface area contributed by atoms with Gasteiger partial charge in [0.25, 0.3) is 0 Å². The molecule has 1 fully saturated rings. The highest BCUT2D eigenvalue weighted by Crippen LogP contribution is 2.35. The van der Waals surface area contributed by atoms with Crippen molar-refractivity contribution in [1.29, 1.82) is 0 Å². The number of hydrogen-bond donors (Lipinski definition) is 1. The first-order valence-corrected chi connectivity index (χ1v) is 8.40. The fourth-order valence-electron chi connectivity index (χ4n) is 2.47. The molecule has 0 spiro atoms. The summed E-state index contributed by atoms with van der Waals surface area (Å²) >= 11 is 1.49. The standard InChI is InChI=1S/C17H18N2O3S/c1-11(7-12-5-3-2-4-6-12)9-22-17(21)13-8-19-15(20)14(18)16(19)23-10-13/h2-8,14,16H,9-10,18H2,1H3/t14?,16-/m1/s1. The first-order valence-electron chi connectivity index (χ1n) is 7.35. The van der Waals surface area contributed by atoms with Crippen LogP contribution in [0.25, 0.3) is 6.08 Å². The second-order valence-corrected chi connectivity index (χ2v) is 6.71. The zero-order chi connectivity index (χ0) is 16.4. The first kappa shape index (κ1) is 15.8. The molecule has 2 aliphatic heterocycles. The molecule has 1 aromatic rings. The van der Waals surface area contributed by atoms with E-state index in [4.69, 9.17) is 10.5 Å². The molecule has 2 aliphatic rings. The van der Waals surface area contributed by atoms with Gasteiger partial charge < -0.3 is 15.4 Å². The van der Waals surface area contributed by atoms with E-state index in [-0.39, 0.29) is 23.9 Å². The largest absolute Gasteiger partial charge is 0.458 e. The summed E-state index contributed by atoms with van der Waals surface area (Å²) in [5, 5.41) is -0.0428. The van der Waals surface area contributed by atoms with Gasteiger partial charge in [-0.05, 0) is 18.1 Å². The van der Waals surface area contributed by atoms with Crippen molar-refractivity contribution in [2.45, 2.75) is 18.3 Å². The van der Waals surface area contributed by atoms with E-state index in [1.54, 1.807) is 6.20 Å². The molecule has 2 atom stereocenters. The molecule has 1 aromatic carbocycles. The van der Waals surface area contributed by atoms with E-state index >= 15 is 0 Å². The Morgan fingerprint density at radius 2 is 2.17 bits per heavy atom. The molecular formula is C17H18N2O3S. The first-order chi connectivity index (χ1) is 11.1. The molecule has 23 heavy (non-hydrogen) atoms. The van der Waals surface area contributed by atoms with E-state index in [2.05, 4.69) is 0 Å². The van der Waals surface area contributed by atoms with E-state index in [1.807, 2.05) is 43.3 Å². The lowest BCUT2D eigenvalue weighted by Gasteiger charge is -2.45. The van der Waals surface area contributed by atoms with E-state index in [9.17, 15) is 9.59 Å². The zero-order valence-corrected chi connectivity index (χ0v) is 13.6. The lowest BCUT2D eigenvalue weighted by Crippen LogP contribution is -2.66. The van der Waals surface area contributed by atoms with Gasteiger partial charge in [-0.25, -0.2) is 4.79 Å². The van der Waals surface area contributed by atoms with Gasteiger partial charge in [0.05, 0.1) is 5.57 Å². The zero-order valence-electron chi connectivity index (χ0n) is 12.8. The third-order valence-corrected chi connectivity index (χ3v) is 5.07. The van der Waals surface area contributed by atoms with Crippen LogP contribution >= 0.6 is 11.8 Å². The van der Waals surface area contributed by atoms with Gasteiger partial charge in [0.2, 0.25) is 5.91 Å². The molecule has 1 unspecified atom stereocenters. The quantitative estimate of drug-likeness (QED) is 0.673. The van der Waals surface area contributed by atoms with Crippen molar-refractivity contribution in [3.63, 3.8) is 0 Å². The molecule has 0 aliphatic carbocycles. The fourth-order valence-corrected chi connectivity index (χ4v) is 3.66. The summed E-state index contributed by atoms with van der Waals surface area (Å²) < 4.78 is 5.33. The van der Waals surface area contributed by atoms with Gasteiger partial charge in [-0.3, -0.25) is 4.79 Å². The molecule has 0 bridgehead atoms. The molecule has 0 saturated carbocycles. The number of nitrogens with zero attached hydrogens (tertiary/aromatic N) is 1. The van der Waals surface area contributed by atoms with Crippen LogP contribution in [-0.2, 0) is 14.3 Å². The van der Waals surface area contributed by atoms with E-state index in [0.717, 1.165) is 11.1 Å². The predicted molar refractivity (Wildman–Crippen MR) is 90.2 cm³/mol. The van der Waals surface area contributed by atoms with Gasteiger partial charge in [0, 0.05) is 12.0 Å². The SMILES string of the molecule is CC(=Cc1ccccc1)COC(=O)C1=CN2C(=O)C(N)[C@H]2SC1. The van der Waals surface area contributed by atoms with Crippen LogP contribution in [0.5, 0.6) is 0 Å². The summed E-state index contributed by atoms with van der Waals surface area (Å²) in [6.45, 7) is 2.14. The highest BCUT2D eigenvalue weighted by atomic mass is 32.2. The normalized spacial score (nSPS) is 23.7. The maximum atomic E-state index is 12.1. The number of hydrogen-bond acceptors (Lipinski definition) is 5. The maximum absolute atomic E-state index is 12.1. The summed E-state index contributed by atoms with van der Waals surface area (Å²) in [7, 11) is 0. The lowest BCUT2D eigenvalue weighted by atomic mass is 10.1. The summed E-state index contributed by atoms with van der Waals surface area (Å²) in [6, 6.07) is 9.40. The number of β-lactam (4-membered cyclic amide) rings is 1. The highest BCUT2D eigenvalue weighted by Gasteiger charge is 2.46. The number of thioether (sulfide) groups is 1. The number of rotatable bonds is 4. The number of esters is 1.